The molecule has 2 atom stereocenters. The average molecular weight is 580 g/mol. The van der Waals surface area contributed by atoms with Gasteiger partial charge in [-0.15, -0.1) is 11.3 Å². The molecule has 4 heterocycles. The minimum atomic E-state index is -1.19. The summed E-state index contributed by atoms with van der Waals surface area (Å²) in [5.74, 6) is -0.0223. The first-order valence-electron chi connectivity index (χ1n) is 13.8. The van der Waals surface area contributed by atoms with Crippen molar-refractivity contribution in [3.63, 3.8) is 0 Å². The largest absolute Gasteiger partial charge is 0.497 e. The van der Waals surface area contributed by atoms with Crippen LogP contribution in [-0.2, 0) is 6.54 Å². The number of hydrogen-bond acceptors (Lipinski definition) is 8. The van der Waals surface area contributed by atoms with Gasteiger partial charge >= 0.3 is 0 Å². The third kappa shape index (κ3) is 6.97. The number of benzene rings is 1. The fraction of sp³-hybridized carbons (Fsp3) is 0.433. The molecule has 2 aliphatic rings. The van der Waals surface area contributed by atoms with Gasteiger partial charge in [0.2, 0.25) is 0 Å². The molecular formula is C30H34FN5O4S. The molecule has 2 amide bonds. The average Bonchev–Trinajstić information content (AvgIpc) is 3.42. The number of rotatable bonds is 8. The fourth-order valence-electron chi connectivity index (χ4n) is 5.39. The van der Waals surface area contributed by atoms with Crippen LogP contribution in [0.15, 0.2) is 48.0 Å². The van der Waals surface area contributed by atoms with Crippen molar-refractivity contribution in [1.82, 2.24) is 25.1 Å². The summed E-state index contributed by atoms with van der Waals surface area (Å²) < 4.78 is 20.1. The third-order valence-corrected chi connectivity index (χ3v) is 8.59. The zero-order valence-electron chi connectivity index (χ0n) is 23.2. The Labute approximate surface area is 242 Å². The molecule has 1 N–H and O–H groups in total. The molecule has 0 radical (unpaired) electrons. The summed E-state index contributed by atoms with van der Waals surface area (Å²) in [6.45, 7) is 4.34. The molecule has 2 saturated heterocycles. The number of pyridine rings is 1. The molecule has 1 unspecified atom stereocenters. The van der Waals surface area contributed by atoms with Crippen molar-refractivity contribution in [2.24, 2.45) is 5.92 Å². The quantitative estimate of drug-likeness (QED) is 0.403. The van der Waals surface area contributed by atoms with Crippen molar-refractivity contribution in [3.05, 3.63) is 75.5 Å². The second-order valence-corrected chi connectivity index (χ2v) is 11.6. The number of amides is 2. The molecule has 1 aromatic carbocycles. The van der Waals surface area contributed by atoms with Crippen LogP contribution in [0.3, 0.4) is 0 Å². The summed E-state index contributed by atoms with van der Waals surface area (Å²) in [5, 5.41) is 5.77. The summed E-state index contributed by atoms with van der Waals surface area (Å²) in [4.78, 5) is 51.1. The number of aryl methyl sites for hydroxylation is 1. The molecule has 0 spiro atoms. The second kappa shape index (κ2) is 12.9. The molecule has 0 aliphatic carbocycles. The van der Waals surface area contributed by atoms with Gasteiger partial charge in [0.15, 0.2) is 5.78 Å². The van der Waals surface area contributed by atoms with E-state index in [4.69, 9.17) is 4.74 Å². The van der Waals surface area contributed by atoms with Crippen molar-refractivity contribution in [1.29, 1.82) is 0 Å². The summed E-state index contributed by atoms with van der Waals surface area (Å²) in [7, 11) is 1.58. The van der Waals surface area contributed by atoms with Crippen LogP contribution in [0, 0.1) is 12.8 Å². The Bertz CT molecular complexity index is 1370. The Balaban J connectivity index is 1.09. The Hall–Kier alpha value is -3.70. The standard InChI is InChI=1S/C30H34FN5O4S/c1-19-33-23(18-41-19)16-35-12-11-26(25(31)17-35)34-29(38)22-5-8-27(32-15-22)30(39)36-13-9-21(10-14-36)28(37)20-3-6-24(40-2)7-4-20/h3-8,15,18,21,25-26H,9-14,16-17H2,1-2H3,(H,34,38)/t25?,26-/m1/s1. The molecule has 0 bridgehead atoms. The molecule has 2 aromatic heterocycles. The van der Waals surface area contributed by atoms with E-state index in [1.807, 2.05) is 17.2 Å². The first-order valence-corrected chi connectivity index (χ1v) is 14.7. The van der Waals surface area contributed by atoms with E-state index in [1.54, 1.807) is 53.7 Å². The van der Waals surface area contributed by atoms with E-state index in [9.17, 15) is 18.8 Å². The summed E-state index contributed by atoms with van der Waals surface area (Å²) in [6, 6.07) is 9.56. The first-order chi connectivity index (χ1) is 19.8. The SMILES string of the molecule is COc1ccc(C(=O)C2CCN(C(=O)c3ccc(C(=O)N[C@@H]4CCN(Cc5csc(C)n5)CC4F)cn3)CC2)cc1. The number of alkyl halides is 1. The number of ether oxygens (including phenoxy) is 1. The van der Waals surface area contributed by atoms with Crippen LogP contribution < -0.4 is 10.1 Å². The van der Waals surface area contributed by atoms with E-state index in [0.717, 1.165) is 10.7 Å². The van der Waals surface area contributed by atoms with Crippen molar-refractivity contribution < 1.29 is 23.5 Å². The molecular weight excluding hydrogens is 545 g/mol. The van der Waals surface area contributed by atoms with E-state index in [2.05, 4.69) is 15.3 Å². The molecule has 216 valence electrons. The van der Waals surface area contributed by atoms with Crippen molar-refractivity contribution in [2.75, 3.05) is 33.3 Å². The van der Waals surface area contributed by atoms with E-state index in [0.29, 0.717) is 56.8 Å². The predicted molar refractivity (Wildman–Crippen MR) is 153 cm³/mol. The minimum absolute atomic E-state index is 0.0731. The summed E-state index contributed by atoms with van der Waals surface area (Å²) >= 11 is 1.58. The number of piperidine rings is 2. The van der Waals surface area contributed by atoms with Gasteiger partial charge in [0.25, 0.3) is 11.8 Å². The lowest BCUT2D eigenvalue weighted by atomic mass is 9.88. The van der Waals surface area contributed by atoms with Crippen LogP contribution in [0.5, 0.6) is 5.75 Å². The highest BCUT2D eigenvalue weighted by Crippen LogP contribution is 2.24. The number of thiazole rings is 1. The fourth-order valence-corrected chi connectivity index (χ4v) is 5.99. The van der Waals surface area contributed by atoms with Crippen LogP contribution >= 0.6 is 11.3 Å². The lowest BCUT2D eigenvalue weighted by Gasteiger charge is -2.34. The number of carbonyl (C=O) groups is 3. The zero-order valence-corrected chi connectivity index (χ0v) is 24.0. The van der Waals surface area contributed by atoms with Crippen molar-refractivity contribution in [2.45, 2.75) is 44.9 Å². The lowest BCUT2D eigenvalue weighted by Crippen LogP contribution is -2.52. The van der Waals surface area contributed by atoms with Crippen molar-refractivity contribution >= 4 is 28.9 Å². The lowest BCUT2D eigenvalue weighted by molar-refractivity contribution is 0.0645. The van der Waals surface area contributed by atoms with E-state index in [1.165, 1.54) is 12.3 Å². The van der Waals surface area contributed by atoms with Gasteiger partial charge in [-0.2, -0.15) is 0 Å². The van der Waals surface area contributed by atoms with Crippen LogP contribution in [0.2, 0.25) is 0 Å². The number of nitrogens with zero attached hydrogens (tertiary/aromatic N) is 4. The van der Waals surface area contributed by atoms with Crippen molar-refractivity contribution in [3.8, 4) is 5.75 Å². The maximum Gasteiger partial charge on any atom is 0.272 e. The topological polar surface area (TPSA) is 105 Å². The number of ketones is 1. The van der Waals surface area contributed by atoms with Gasteiger partial charge in [-0.1, -0.05) is 0 Å². The monoisotopic (exact) mass is 579 g/mol. The second-order valence-electron chi connectivity index (χ2n) is 10.6. The number of halogens is 1. The van der Waals surface area contributed by atoms with Gasteiger partial charge in [-0.3, -0.25) is 24.3 Å². The number of aromatic nitrogens is 2. The zero-order chi connectivity index (χ0) is 28.9. The first kappa shape index (κ1) is 28.8. The predicted octanol–water partition coefficient (Wildman–Crippen LogP) is 3.93. The number of hydrogen-bond donors (Lipinski definition) is 1. The van der Waals surface area contributed by atoms with Gasteiger partial charge in [0.1, 0.15) is 17.6 Å². The molecule has 5 rings (SSSR count). The summed E-state index contributed by atoms with van der Waals surface area (Å²) in [6.07, 6.45) is 1.81. The van der Waals surface area contributed by atoms with Crippen LogP contribution in [0.1, 0.15) is 61.2 Å². The van der Waals surface area contributed by atoms with Gasteiger partial charge in [0.05, 0.1) is 29.4 Å². The normalized spacial score (nSPS) is 20.0. The number of nitrogens with one attached hydrogen (secondary N) is 1. The van der Waals surface area contributed by atoms with Gasteiger partial charge in [0, 0.05) is 55.8 Å². The number of likely N-dealkylation sites (tertiary alicyclic amines) is 2. The van der Waals surface area contributed by atoms with Gasteiger partial charge < -0.3 is 15.0 Å². The molecule has 2 fully saturated rings. The highest BCUT2D eigenvalue weighted by Gasteiger charge is 2.32. The van der Waals surface area contributed by atoms with E-state index >= 15 is 0 Å². The molecule has 2 aliphatic heterocycles. The molecule has 3 aromatic rings. The Morgan fingerprint density at radius 2 is 1.78 bits per heavy atom. The molecule has 11 heteroatoms. The molecule has 9 nitrogen and oxygen atoms in total. The Kier molecular flexibility index (Phi) is 9.04. The van der Waals surface area contributed by atoms with Gasteiger partial charge in [-0.25, -0.2) is 9.37 Å². The van der Waals surface area contributed by atoms with Crippen LogP contribution in [0.25, 0.3) is 0 Å². The highest BCUT2D eigenvalue weighted by molar-refractivity contribution is 7.09. The summed E-state index contributed by atoms with van der Waals surface area (Å²) in [5.41, 5.74) is 2.09. The Morgan fingerprint density at radius 3 is 2.39 bits per heavy atom. The minimum Gasteiger partial charge on any atom is -0.497 e. The highest BCUT2D eigenvalue weighted by atomic mass is 32.1. The number of methoxy groups -OCH3 is 1. The van der Waals surface area contributed by atoms with E-state index < -0.39 is 18.1 Å². The van der Waals surface area contributed by atoms with E-state index in [-0.39, 0.29) is 35.4 Å². The van der Waals surface area contributed by atoms with Crippen LogP contribution in [-0.4, -0.2) is 82.9 Å². The molecule has 0 saturated carbocycles. The number of Topliss-reactive ketones (excluding diaryl/α,β-unsaturated/α-hetero) is 1. The molecule has 41 heavy (non-hydrogen) atoms. The number of carbonyl (C=O) groups excluding carboxylic acids is 3. The van der Waals surface area contributed by atoms with Gasteiger partial charge in [-0.05, 0) is 62.6 Å². The Morgan fingerprint density at radius 1 is 1.05 bits per heavy atom. The maximum atomic E-state index is 14.9. The third-order valence-electron chi connectivity index (χ3n) is 7.77. The van der Waals surface area contributed by atoms with Crippen LogP contribution in [0.4, 0.5) is 4.39 Å². The smallest absolute Gasteiger partial charge is 0.272 e. The maximum absolute atomic E-state index is 14.9.